The number of nitrogen functional groups attached to an aromatic ring is 2. The fourth-order valence-electron chi connectivity index (χ4n) is 4.56. The molecule has 0 saturated heterocycles. The van der Waals surface area contributed by atoms with E-state index in [-0.39, 0.29) is 11.6 Å². The Morgan fingerprint density at radius 3 is 1.31 bits per heavy atom. The van der Waals surface area contributed by atoms with Crippen molar-refractivity contribution in [2.75, 3.05) is 11.5 Å². The number of benzene rings is 4. The van der Waals surface area contributed by atoms with Crippen LogP contribution in [0.4, 0.5) is 11.4 Å². The SMILES string of the molecule is C=C(C)c1ccc(-c2cc(-c3ccc(C(C)=O)c(C)c3)cc(-c3ccc(C(C)=O)c(N)c3)c2)cc1N. The summed E-state index contributed by atoms with van der Waals surface area (Å²) in [6, 6.07) is 23.7. The average molecular weight is 475 g/mol. The molecule has 180 valence electrons. The number of nitrogens with two attached hydrogens (primary N) is 2. The van der Waals surface area contributed by atoms with Gasteiger partial charge in [0.25, 0.3) is 0 Å². The highest BCUT2D eigenvalue weighted by Gasteiger charge is 2.13. The summed E-state index contributed by atoms with van der Waals surface area (Å²) in [5.41, 5.74) is 23.5. The van der Waals surface area contributed by atoms with Gasteiger partial charge in [0.2, 0.25) is 0 Å². The standard InChI is InChI=1S/C32H30N2O2/c1-18(2)28-9-6-23(16-31(28)33)26-13-25(22-7-10-29(20(4)35)19(3)12-22)14-27(15-26)24-8-11-30(21(5)36)32(34)17-24/h6-17H,1,33-34H2,2-5H3. The van der Waals surface area contributed by atoms with Crippen LogP contribution in [0.15, 0.2) is 79.4 Å². The molecule has 4 N–H and O–H groups in total. The summed E-state index contributed by atoms with van der Waals surface area (Å²) >= 11 is 0. The zero-order valence-corrected chi connectivity index (χ0v) is 21.1. The maximum Gasteiger partial charge on any atom is 0.161 e. The molecule has 0 bridgehead atoms. The van der Waals surface area contributed by atoms with Crippen molar-refractivity contribution in [3.05, 3.63) is 102 Å². The number of rotatable bonds is 6. The van der Waals surface area contributed by atoms with Crippen LogP contribution in [0.2, 0.25) is 0 Å². The number of hydrogen-bond donors (Lipinski definition) is 2. The van der Waals surface area contributed by atoms with Gasteiger partial charge in [-0.2, -0.15) is 0 Å². The molecule has 0 aliphatic rings. The summed E-state index contributed by atoms with van der Waals surface area (Å²) in [7, 11) is 0. The van der Waals surface area contributed by atoms with Gasteiger partial charge in [-0.25, -0.2) is 0 Å². The lowest BCUT2D eigenvalue weighted by Gasteiger charge is -2.14. The first-order valence-electron chi connectivity index (χ1n) is 11.8. The van der Waals surface area contributed by atoms with E-state index in [1.54, 1.807) is 13.0 Å². The number of anilines is 2. The van der Waals surface area contributed by atoms with E-state index in [0.29, 0.717) is 22.5 Å². The van der Waals surface area contributed by atoms with E-state index < -0.39 is 0 Å². The first-order valence-corrected chi connectivity index (χ1v) is 11.8. The molecule has 4 rings (SSSR count). The molecular formula is C32H30N2O2. The molecule has 0 radical (unpaired) electrons. The molecule has 4 aromatic rings. The third-order valence-corrected chi connectivity index (χ3v) is 6.48. The minimum absolute atomic E-state index is 0.0441. The van der Waals surface area contributed by atoms with Crippen molar-refractivity contribution < 1.29 is 9.59 Å². The molecular weight excluding hydrogens is 444 g/mol. The summed E-state index contributed by atoms with van der Waals surface area (Å²) < 4.78 is 0. The Labute approximate surface area is 212 Å². The van der Waals surface area contributed by atoms with Crippen LogP contribution in [0.1, 0.15) is 52.6 Å². The quantitative estimate of drug-likeness (QED) is 0.222. The average Bonchev–Trinajstić information content (AvgIpc) is 2.82. The van der Waals surface area contributed by atoms with E-state index in [1.807, 2.05) is 62.4 Å². The van der Waals surface area contributed by atoms with E-state index in [0.717, 1.165) is 50.1 Å². The second kappa shape index (κ2) is 9.67. The van der Waals surface area contributed by atoms with Gasteiger partial charge in [-0.3, -0.25) is 9.59 Å². The maximum atomic E-state index is 12.0. The first-order chi connectivity index (χ1) is 17.0. The van der Waals surface area contributed by atoms with Crippen LogP contribution in [-0.2, 0) is 0 Å². The highest BCUT2D eigenvalue weighted by Crippen LogP contribution is 2.36. The number of aryl methyl sites for hydroxylation is 1. The molecule has 4 heteroatoms. The van der Waals surface area contributed by atoms with Gasteiger partial charge in [-0.05, 0) is 114 Å². The van der Waals surface area contributed by atoms with E-state index in [9.17, 15) is 9.59 Å². The Morgan fingerprint density at radius 2 is 0.944 bits per heavy atom. The molecule has 0 aliphatic heterocycles. The Morgan fingerprint density at radius 1 is 0.556 bits per heavy atom. The van der Waals surface area contributed by atoms with Crippen molar-refractivity contribution in [1.29, 1.82) is 0 Å². The topological polar surface area (TPSA) is 86.2 Å². The molecule has 0 amide bonds. The molecule has 0 aliphatic carbocycles. The van der Waals surface area contributed by atoms with Gasteiger partial charge in [-0.15, -0.1) is 0 Å². The normalized spacial score (nSPS) is 10.8. The minimum atomic E-state index is -0.0670. The van der Waals surface area contributed by atoms with Gasteiger partial charge in [0.05, 0.1) is 0 Å². The molecule has 0 unspecified atom stereocenters. The van der Waals surface area contributed by atoms with E-state index >= 15 is 0 Å². The fraction of sp³-hybridized carbons (Fsp3) is 0.125. The third-order valence-electron chi connectivity index (χ3n) is 6.48. The van der Waals surface area contributed by atoms with Crippen LogP contribution < -0.4 is 11.5 Å². The highest BCUT2D eigenvalue weighted by atomic mass is 16.1. The fourth-order valence-corrected chi connectivity index (χ4v) is 4.56. The Balaban J connectivity index is 1.92. The van der Waals surface area contributed by atoms with Crippen molar-refractivity contribution >= 4 is 28.5 Å². The lowest BCUT2D eigenvalue weighted by Crippen LogP contribution is -1.99. The Bertz CT molecular complexity index is 1350. The summed E-state index contributed by atoms with van der Waals surface area (Å²) in [5.74, 6) is -0.0230. The van der Waals surface area contributed by atoms with Crippen LogP contribution in [-0.4, -0.2) is 11.6 Å². The summed E-state index contributed by atoms with van der Waals surface area (Å²) in [6.07, 6.45) is 0. The van der Waals surface area contributed by atoms with Crippen molar-refractivity contribution in [2.45, 2.75) is 27.7 Å². The molecule has 4 nitrogen and oxygen atoms in total. The van der Waals surface area contributed by atoms with Gasteiger partial charge < -0.3 is 11.5 Å². The second-order valence-electron chi connectivity index (χ2n) is 9.33. The van der Waals surface area contributed by atoms with Crippen molar-refractivity contribution in [2.24, 2.45) is 0 Å². The highest BCUT2D eigenvalue weighted by molar-refractivity contribution is 6.00. The van der Waals surface area contributed by atoms with Gasteiger partial charge in [0.1, 0.15) is 0 Å². The van der Waals surface area contributed by atoms with Gasteiger partial charge in [0, 0.05) is 22.5 Å². The Kier molecular flexibility index (Phi) is 6.63. The number of Topliss-reactive ketones (excluding diaryl/α,β-unsaturated/α-hetero) is 2. The second-order valence-corrected chi connectivity index (χ2v) is 9.33. The Hall–Kier alpha value is -4.44. The van der Waals surface area contributed by atoms with Crippen LogP contribution >= 0.6 is 0 Å². The number of hydrogen-bond acceptors (Lipinski definition) is 4. The predicted molar refractivity (Wildman–Crippen MR) is 151 cm³/mol. The number of carbonyl (C=O) groups is 2. The number of ketones is 2. The predicted octanol–water partition coefficient (Wildman–Crippen LogP) is 7.60. The van der Waals surface area contributed by atoms with Crippen LogP contribution in [0, 0.1) is 6.92 Å². The number of carbonyl (C=O) groups excluding carboxylic acids is 2. The van der Waals surface area contributed by atoms with E-state index in [2.05, 4.69) is 24.8 Å². The zero-order chi connectivity index (χ0) is 26.1. The molecule has 36 heavy (non-hydrogen) atoms. The van der Waals surface area contributed by atoms with E-state index in [4.69, 9.17) is 11.5 Å². The summed E-state index contributed by atoms with van der Waals surface area (Å²) in [5, 5.41) is 0. The van der Waals surface area contributed by atoms with Crippen LogP contribution in [0.5, 0.6) is 0 Å². The lowest BCUT2D eigenvalue weighted by molar-refractivity contribution is 0.100. The van der Waals surface area contributed by atoms with E-state index in [1.165, 1.54) is 6.92 Å². The van der Waals surface area contributed by atoms with Crippen molar-refractivity contribution in [1.82, 2.24) is 0 Å². The largest absolute Gasteiger partial charge is 0.398 e. The van der Waals surface area contributed by atoms with Gasteiger partial charge >= 0.3 is 0 Å². The molecule has 0 saturated carbocycles. The lowest BCUT2D eigenvalue weighted by atomic mass is 9.90. The smallest absolute Gasteiger partial charge is 0.161 e. The van der Waals surface area contributed by atoms with Crippen LogP contribution in [0.25, 0.3) is 39.0 Å². The molecule has 0 fully saturated rings. The third kappa shape index (κ3) is 4.84. The zero-order valence-electron chi connectivity index (χ0n) is 21.1. The first kappa shape index (κ1) is 24.7. The maximum absolute atomic E-state index is 12.0. The monoisotopic (exact) mass is 474 g/mol. The van der Waals surface area contributed by atoms with Crippen molar-refractivity contribution in [3.63, 3.8) is 0 Å². The molecule has 0 aromatic heterocycles. The number of allylic oxidation sites excluding steroid dienone is 1. The summed E-state index contributed by atoms with van der Waals surface area (Å²) in [6.45, 7) is 11.0. The van der Waals surface area contributed by atoms with Crippen molar-refractivity contribution in [3.8, 4) is 33.4 Å². The molecule has 4 aromatic carbocycles. The molecule has 0 atom stereocenters. The van der Waals surface area contributed by atoms with Gasteiger partial charge in [-0.1, -0.05) is 43.0 Å². The van der Waals surface area contributed by atoms with Gasteiger partial charge in [0.15, 0.2) is 11.6 Å². The molecule has 0 spiro atoms. The van der Waals surface area contributed by atoms with Crippen LogP contribution in [0.3, 0.4) is 0 Å². The minimum Gasteiger partial charge on any atom is -0.398 e. The summed E-state index contributed by atoms with van der Waals surface area (Å²) in [4.78, 5) is 23.8. The molecule has 0 heterocycles.